The molecule has 0 radical (unpaired) electrons. The summed E-state index contributed by atoms with van der Waals surface area (Å²) in [6.07, 6.45) is 2.89. The number of hydrogen-bond acceptors (Lipinski definition) is 5. The second-order valence-corrected chi connectivity index (χ2v) is 2.62. The van der Waals surface area contributed by atoms with Crippen molar-refractivity contribution in [3.05, 3.63) is 18.3 Å². The zero-order chi connectivity index (χ0) is 9.26. The van der Waals surface area contributed by atoms with Crippen molar-refractivity contribution in [3.8, 4) is 0 Å². The lowest BCUT2D eigenvalue weighted by molar-refractivity contribution is 0.182. The van der Waals surface area contributed by atoms with Crippen LogP contribution < -0.4 is 5.73 Å². The van der Waals surface area contributed by atoms with Gasteiger partial charge in [-0.05, 0) is 0 Å². The monoisotopic (exact) mass is 179 g/mol. The van der Waals surface area contributed by atoms with Crippen LogP contribution in [0.2, 0.25) is 0 Å². The average molecular weight is 179 g/mol. The van der Waals surface area contributed by atoms with E-state index >= 15 is 0 Å². The standard InChI is InChI=1S/C8H9N3O2/c1-12-3-6-7-5(9)2-13-8(7)11-4-10-6/h2,4H,3,9H2,1H3. The molecule has 0 unspecified atom stereocenters. The molecule has 0 aliphatic rings. The fourth-order valence-corrected chi connectivity index (χ4v) is 1.21. The van der Waals surface area contributed by atoms with Crippen molar-refractivity contribution < 1.29 is 9.15 Å². The Bertz CT molecular complexity index is 424. The zero-order valence-electron chi connectivity index (χ0n) is 7.15. The molecule has 2 aromatic heterocycles. The van der Waals surface area contributed by atoms with E-state index in [2.05, 4.69) is 9.97 Å². The molecule has 13 heavy (non-hydrogen) atoms. The normalized spacial score (nSPS) is 10.8. The third-order valence-corrected chi connectivity index (χ3v) is 1.76. The Morgan fingerprint density at radius 2 is 2.38 bits per heavy atom. The number of hydrogen-bond donors (Lipinski definition) is 1. The van der Waals surface area contributed by atoms with E-state index in [4.69, 9.17) is 14.9 Å². The molecule has 0 aliphatic heterocycles. The van der Waals surface area contributed by atoms with Crippen molar-refractivity contribution in [1.82, 2.24) is 9.97 Å². The molecule has 2 rings (SSSR count). The Morgan fingerprint density at radius 3 is 3.15 bits per heavy atom. The number of methoxy groups -OCH3 is 1. The Labute approximate surface area is 74.5 Å². The second-order valence-electron chi connectivity index (χ2n) is 2.62. The van der Waals surface area contributed by atoms with Gasteiger partial charge in [-0.25, -0.2) is 9.97 Å². The van der Waals surface area contributed by atoms with Crippen LogP contribution in [0, 0.1) is 0 Å². The van der Waals surface area contributed by atoms with Crippen molar-refractivity contribution in [2.75, 3.05) is 12.8 Å². The first kappa shape index (κ1) is 8.00. The summed E-state index contributed by atoms with van der Waals surface area (Å²) in [4.78, 5) is 7.99. The molecular formula is C8H9N3O2. The minimum atomic E-state index is 0.406. The maximum atomic E-state index is 5.68. The molecule has 68 valence electrons. The number of nitrogens with zero attached hydrogens (tertiary/aromatic N) is 2. The van der Waals surface area contributed by atoms with Gasteiger partial charge in [0.2, 0.25) is 5.71 Å². The Balaban J connectivity index is 2.65. The third kappa shape index (κ3) is 1.23. The first-order valence-electron chi connectivity index (χ1n) is 3.78. The van der Waals surface area contributed by atoms with Gasteiger partial charge in [0.1, 0.15) is 12.6 Å². The highest BCUT2D eigenvalue weighted by Crippen LogP contribution is 2.23. The lowest BCUT2D eigenvalue weighted by atomic mass is 10.2. The number of ether oxygens (including phenoxy) is 1. The summed E-state index contributed by atoms with van der Waals surface area (Å²) in [7, 11) is 1.60. The van der Waals surface area contributed by atoms with Crippen molar-refractivity contribution in [2.45, 2.75) is 6.61 Å². The van der Waals surface area contributed by atoms with E-state index < -0.39 is 0 Å². The van der Waals surface area contributed by atoms with Gasteiger partial charge < -0.3 is 14.9 Å². The number of rotatable bonds is 2. The molecule has 5 heteroatoms. The van der Waals surface area contributed by atoms with E-state index in [1.54, 1.807) is 7.11 Å². The molecule has 0 aliphatic carbocycles. The van der Waals surface area contributed by atoms with Crippen LogP contribution in [0.1, 0.15) is 5.69 Å². The van der Waals surface area contributed by atoms with E-state index in [9.17, 15) is 0 Å². The molecule has 0 fully saturated rings. The average Bonchev–Trinajstić information content (AvgIpc) is 2.50. The number of anilines is 1. The minimum Gasteiger partial charge on any atom is -0.444 e. The van der Waals surface area contributed by atoms with Crippen molar-refractivity contribution in [1.29, 1.82) is 0 Å². The van der Waals surface area contributed by atoms with Gasteiger partial charge in [0.15, 0.2) is 0 Å². The predicted molar refractivity (Wildman–Crippen MR) is 46.9 cm³/mol. The minimum absolute atomic E-state index is 0.406. The van der Waals surface area contributed by atoms with Crippen LogP contribution in [0.25, 0.3) is 11.1 Å². The molecule has 0 saturated heterocycles. The maximum absolute atomic E-state index is 5.68. The van der Waals surface area contributed by atoms with Gasteiger partial charge >= 0.3 is 0 Å². The van der Waals surface area contributed by atoms with E-state index in [0.717, 1.165) is 11.1 Å². The van der Waals surface area contributed by atoms with Gasteiger partial charge in [-0.15, -0.1) is 0 Å². The first-order valence-corrected chi connectivity index (χ1v) is 3.78. The van der Waals surface area contributed by atoms with Crippen molar-refractivity contribution >= 4 is 16.8 Å². The second kappa shape index (κ2) is 3.02. The van der Waals surface area contributed by atoms with Crippen LogP contribution in [0.3, 0.4) is 0 Å². The molecule has 2 heterocycles. The Morgan fingerprint density at radius 1 is 1.54 bits per heavy atom. The summed E-state index contributed by atoms with van der Waals surface area (Å²) in [5, 5.41) is 0.740. The molecule has 0 bridgehead atoms. The van der Waals surface area contributed by atoms with Gasteiger partial charge in [-0.2, -0.15) is 0 Å². The summed E-state index contributed by atoms with van der Waals surface area (Å²) >= 11 is 0. The highest BCUT2D eigenvalue weighted by Gasteiger charge is 2.09. The molecule has 5 nitrogen and oxygen atoms in total. The lowest BCUT2D eigenvalue weighted by Crippen LogP contribution is -1.95. The van der Waals surface area contributed by atoms with Gasteiger partial charge in [0.25, 0.3) is 0 Å². The van der Waals surface area contributed by atoms with Crippen molar-refractivity contribution in [2.24, 2.45) is 0 Å². The number of furan rings is 1. The maximum Gasteiger partial charge on any atom is 0.231 e. The smallest absolute Gasteiger partial charge is 0.231 e. The topological polar surface area (TPSA) is 74.2 Å². The first-order chi connectivity index (χ1) is 6.33. The van der Waals surface area contributed by atoms with Crippen LogP contribution in [0.4, 0.5) is 5.69 Å². The van der Waals surface area contributed by atoms with Crippen LogP contribution >= 0.6 is 0 Å². The summed E-state index contributed by atoms with van der Waals surface area (Å²) < 4.78 is 10.1. The molecule has 0 amide bonds. The molecule has 2 aromatic rings. The Hall–Kier alpha value is -1.62. The van der Waals surface area contributed by atoms with E-state index in [1.165, 1.54) is 12.6 Å². The number of nitrogen functional groups attached to an aromatic ring is 1. The zero-order valence-corrected chi connectivity index (χ0v) is 7.15. The molecule has 0 aromatic carbocycles. The molecule has 0 saturated carbocycles. The van der Waals surface area contributed by atoms with Crippen molar-refractivity contribution in [3.63, 3.8) is 0 Å². The summed E-state index contributed by atoms with van der Waals surface area (Å²) in [5.41, 5.74) is 7.47. The fourth-order valence-electron chi connectivity index (χ4n) is 1.21. The van der Waals surface area contributed by atoms with Crippen LogP contribution in [0.15, 0.2) is 17.0 Å². The fraction of sp³-hybridized carbons (Fsp3) is 0.250. The number of fused-ring (bicyclic) bond motifs is 1. The molecule has 0 spiro atoms. The third-order valence-electron chi connectivity index (χ3n) is 1.76. The Kier molecular flexibility index (Phi) is 1.86. The predicted octanol–water partition coefficient (Wildman–Crippen LogP) is 0.951. The summed E-state index contributed by atoms with van der Waals surface area (Å²) in [5.74, 6) is 0. The van der Waals surface area contributed by atoms with Crippen LogP contribution in [0.5, 0.6) is 0 Å². The molecule has 2 N–H and O–H groups in total. The molecular weight excluding hydrogens is 170 g/mol. The van der Waals surface area contributed by atoms with Gasteiger partial charge in [0, 0.05) is 7.11 Å². The molecule has 0 atom stereocenters. The summed E-state index contributed by atoms with van der Waals surface area (Å²) in [6.45, 7) is 0.406. The number of nitrogens with two attached hydrogens (primary N) is 1. The quantitative estimate of drug-likeness (QED) is 0.742. The highest BCUT2D eigenvalue weighted by molar-refractivity contribution is 5.88. The summed E-state index contributed by atoms with van der Waals surface area (Å²) in [6, 6.07) is 0. The van der Waals surface area contributed by atoms with E-state index in [0.29, 0.717) is 18.0 Å². The van der Waals surface area contributed by atoms with Gasteiger partial charge in [-0.1, -0.05) is 0 Å². The van der Waals surface area contributed by atoms with E-state index in [-0.39, 0.29) is 0 Å². The van der Waals surface area contributed by atoms with E-state index in [1.807, 2.05) is 0 Å². The lowest BCUT2D eigenvalue weighted by Gasteiger charge is -1.98. The van der Waals surface area contributed by atoms with Gasteiger partial charge in [-0.3, -0.25) is 0 Å². The number of aromatic nitrogens is 2. The van der Waals surface area contributed by atoms with Crippen LogP contribution in [-0.2, 0) is 11.3 Å². The largest absolute Gasteiger partial charge is 0.444 e. The van der Waals surface area contributed by atoms with Gasteiger partial charge in [0.05, 0.1) is 23.4 Å². The SMILES string of the molecule is COCc1ncnc2occ(N)c12. The van der Waals surface area contributed by atoms with Crippen LogP contribution in [-0.4, -0.2) is 17.1 Å². The highest BCUT2D eigenvalue weighted by atomic mass is 16.5.